The fraction of sp³-hybridized carbons (Fsp3) is 0.0938. The first-order valence-electron chi connectivity index (χ1n) is 12.8. The van der Waals surface area contributed by atoms with Gasteiger partial charge in [-0.15, -0.1) is 0 Å². The van der Waals surface area contributed by atoms with Crippen LogP contribution in [0.2, 0.25) is 0 Å². The highest BCUT2D eigenvalue weighted by atomic mass is 19.4. The lowest BCUT2D eigenvalue weighted by Gasteiger charge is -2.14. The van der Waals surface area contributed by atoms with Crippen LogP contribution in [0.1, 0.15) is 11.1 Å². The second-order valence-electron chi connectivity index (χ2n) is 9.12. The van der Waals surface area contributed by atoms with E-state index in [2.05, 4.69) is 46.4 Å². The van der Waals surface area contributed by atoms with E-state index in [4.69, 9.17) is 24.4 Å². The molecule has 0 radical (unpaired) electrons. The highest BCUT2D eigenvalue weighted by Crippen LogP contribution is 2.34. The Bertz CT molecular complexity index is 1780. The molecule has 0 amide bonds. The Hall–Kier alpha value is -5.38. The third-order valence-corrected chi connectivity index (χ3v) is 6.22. The number of halogens is 3. The molecule has 2 heterocycles. The number of fused-ring (bicyclic) bond motifs is 2. The van der Waals surface area contributed by atoms with Crippen molar-refractivity contribution < 1.29 is 32.5 Å². The molecule has 0 aliphatic heterocycles. The normalized spacial score (nSPS) is 11.1. The second-order valence-corrected chi connectivity index (χ2v) is 9.12. The van der Waals surface area contributed by atoms with E-state index >= 15 is 0 Å². The lowest BCUT2D eigenvalue weighted by Crippen LogP contribution is -2.21. The summed E-state index contributed by atoms with van der Waals surface area (Å²) in [5.74, 6) is -0.615. The molecule has 0 saturated heterocycles. The third kappa shape index (κ3) is 6.84. The molecule has 2 aromatic heterocycles. The number of aromatic amines is 1. The van der Waals surface area contributed by atoms with Crippen LogP contribution in [-0.4, -0.2) is 32.2 Å². The summed E-state index contributed by atoms with van der Waals surface area (Å²) in [7, 11) is 0. The minimum Gasteiger partial charge on any atom is -0.489 e. The number of rotatable bonds is 7. The molecule has 42 heavy (non-hydrogen) atoms. The maximum absolute atomic E-state index is 10.6. The lowest BCUT2D eigenvalue weighted by molar-refractivity contribution is -0.192. The topological polar surface area (TPSA) is 97.3 Å². The SMILES string of the molecule is O=C(O)C(F)(F)F.c1ccc(COc2ccc(-c3nc4cccnc4[nH]3)c(OCc3cccc4ccccc34)c2)cc1. The highest BCUT2D eigenvalue weighted by Gasteiger charge is 2.38. The molecule has 0 aliphatic rings. The Morgan fingerprint density at radius 2 is 1.57 bits per heavy atom. The first-order chi connectivity index (χ1) is 20.3. The molecule has 10 heteroatoms. The molecular weight excluding hydrogens is 547 g/mol. The molecule has 0 unspecified atom stereocenters. The van der Waals surface area contributed by atoms with Gasteiger partial charge in [0.05, 0.1) is 5.56 Å². The van der Waals surface area contributed by atoms with E-state index < -0.39 is 12.1 Å². The summed E-state index contributed by atoms with van der Waals surface area (Å²) in [6.07, 6.45) is -3.33. The maximum Gasteiger partial charge on any atom is 0.490 e. The van der Waals surface area contributed by atoms with Crippen LogP contribution in [0.4, 0.5) is 13.2 Å². The lowest BCUT2D eigenvalue weighted by atomic mass is 10.1. The summed E-state index contributed by atoms with van der Waals surface area (Å²) < 4.78 is 44.2. The van der Waals surface area contributed by atoms with Crippen LogP contribution in [0.3, 0.4) is 0 Å². The number of nitrogens with one attached hydrogen (secondary N) is 1. The zero-order chi connectivity index (χ0) is 29.5. The van der Waals surface area contributed by atoms with Crippen LogP contribution in [-0.2, 0) is 18.0 Å². The van der Waals surface area contributed by atoms with Crippen LogP contribution in [0.15, 0.2) is 109 Å². The number of hydrogen-bond acceptors (Lipinski definition) is 5. The Labute approximate surface area is 238 Å². The second kappa shape index (κ2) is 12.4. The summed E-state index contributed by atoms with van der Waals surface area (Å²) >= 11 is 0. The van der Waals surface area contributed by atoms with Gasteiger partial charge < -0.3 is 19.6 Å². The smallest absolute Gasteiger partial charge is 0.489 e. The van der Waals surface area contributed by atoms with E-state index in [-0.39, 0.29) is 0 Å². The quantitative estimate of drug-likeness (QED) is 0.205. The molecule has 0 bridgehead atoms. The van der Waals surface area contributed by atoms with Gasteiger partial charge in [0.25, 0.3) is 0 Å². The van der Waals surface area contributed by atoms with E-state index in [1.54, 1.807) is 6.20 Å². The number of H-pyrrole nitrogens is 1. The number of carbonyl (C=O) groups is 1. The molecule has 0 spiro atoms. The van der Waals surface area contributed by atoms with Gasteiger partial charge in [0.1, 0.15) is 36.1 Å². The third-order valence-electron chi connectivity index (χ3n) is 6.22. The number of imidazole rings is 1. The van der Waals surface area contributed by atoms with Crippen molar-refractivity contribution in [3.8, 4) is 22.9 Å². The van der Waals surface area contributed by atoms with E-state index in [1.165, 1.54) is 10.8 Å². The van der Waals surface area contributed by atoms with Gasteiger partial charge in [0.15, 0.2) is 5.65 Å². The van der Waals surface area contributed by atoms with Crippen molar-refractivity contribution in [2.75, 3.05) is 0 Å². The molecule has 7 nitrogen and oxygen atoms in total. The van der Waals surface area contributed by atoms with E-state index in [1.807, 2.05) is 66.7 Å². The number of aliphatic carboxylic acids is 1. The van der Waals surface area contributed by atoms with Gasteiger partial charge in [0.2, 0.25) is 0 Å². The van der Waals surface area contributed by atoms with Crippen LogP contribution in [0.25, 0.3) is 33.3 Å². The fourth-order valence-corrected chi connectivity index (χ4v) is 4.19. The molecule has 0 saturated carbocycles. The summed E-state index contributed by atoms with van der Waals surface area (Å²) in [6, 6.07) is 34.4. The molecule has 2 N–H and O–H groups in total. The number of alkyl halides is 3. The minimum atomic E-state index is -5.08. The van der Waals surface area contributed by atoms with Crippen LogP contribution < -0.4 is 9.47 Å². The number of benzene rings is 4. The molecule has 0 aliphatic carbocycles. The molecule has 0 atom stereocenters. The van der Waals surface area contributed by atoms with Gasteiger partial charge in [0, 0.05) is 12.3 Å². The number of carboxylic acid groups (broad SMARTS) is 1. The number of nitrogens with zero attached hydrogens (tertiary/aromatic N) is 2. The van der Waals surface area contributed by atoms with Crippen LogP contribution in [0, 0.1) is 0 Å². The predicted molar refractivity (Wildman–Crippen MR) is 152 cm³/mol. The monoisotopic (exact) mass is 571 g/mol. The van der Waals surface area contributed by atoms with Crippen molar-refractivity contribution in [1.82, 2.24) is 15.0 Å². The van der Waals surface area contributed by atoms with Crippen molar-refractivity contribution in [2.24, 2.45) is 0 Å². The number of pyridine rings is 1. The van der Waals surface area contributed by atoms with Crippen molar-refractivity contribution in [2.45, 2.75) is 19.4 Å². The number of hydrogen-bond donors (Lipinski definition) is 2. The molecule has 212 valence electrons. The van der Waals surface area contributed by atoms with Gasteiger partial charge in [-0.1, -0.05) is 72.8 Å². The molecule has 6 aromatic rings. The van der Waals surface area contributed by atoms with Gasteiger partial charge in [-0.2, -0.15) is 13.2 Å². The summed E-state index contributed by atoms with van der Waals surface area (Å²) in [6.45, 7) is 0.909. The Morgan fingerprint density at radius 1 is 0.833 bits per heavy atom. The number of ether oxygens (including phenoxy) is 2. The molecular formula is C32H24F3N3O4. The number of aromatic nitrogens is 3. The minimum absolute atomic E-state index is 0.426. The average molecular weight is 572 g/mol. The van der Waals surface area contributed by atoms with Gasteiger partial charge in [-0.05, 0) is 46.2 Å². The fourth-order valence-electron chi connectivity index (χ4n) is 4.19. The highest BCUT2D eigenvalue weighted by molar-refractivity contribution is 5.85. The zero-order valence-corrected chi connectivity index (χ0v) is 22.0. The summed E-state index contributed by atoms with van der Waals surface area (Å²) in [5, 5.41) is 9.50. The van der Waals surface area contributed by atoms with Gasteiger partial charge >= 0.3 is 12.1 Å². The van der Waals surface area contributed by atoms with Crippen LogP contribution >= 0.6 is 0 Å². The average Bonchev–Trinajstić information content (AvgIpc) is 3.43. The largest absolute Gasteiger partial charge is 0.490 e. The first-order valence-corrected chi connectivity index (χ1v) is 12.8. The number of carboxylic acids is 1. The molecule has 0 fully saturated rings. The Morgan fingerprint density at radius 3 is 2.33 bits per heavy atom. The van der Waals surface area contributed by atoms with E-state index in [0.29, 0.717) is 24.8 Å². The standard InChI is InChI=1S/C30H23N3O2.C2HF3O2/c1-2-8-21(9-3-1)19-34-24-15-16-26(29-32-27-14-7-17-31-30(27)33-29)28(18-24)35-20-23-12-6-11-22-10-4-5-13-25(22)23;3-2(4,5)1(6)7/h1-18H,19-20H2,(H,31,32,33);(H,6,7). The Balaban J connectivity index is 0.000000451. The van der Waals surface area contributed by atoms with Crippen molar-refractivity contribution >= 4 is 27.9 Å². The molecule has 4 aromatic carbocycles. The van der Waals surface area contributed by atoms with E-state index in [9.17, 15) is 13.2 Å². The maximum atomic E-state index is 10.6. The van der Waals surface area contributed by atoms with Gasteiger partial charge in [-0.3, -0.25) is 0 Å². The van der Waals surface area contributed by atoms with Gasteiger partial charge in [-0.25, -0.2) is 14.8 Å². The van der Waals surface area contributed by atoms with Crippen LogP contribution in [0.5, 0.6) is 11.5 Å². The molecule has 6 rings (SSSR count). The zero-order valence-electron chi connectivity index (χ0n) is 22.0. The Kier molecular flexibility index (Phi) is 8.33. The predicted octanol–water partition coefficient (Wildman–Crippen LogP) is 7.57. The van der Waals surface area contributed by atoms with E-state index in [0.717, 1.165) is 33.6 Å². The van der Waals surface area contributed by atoms with Crippen molar-refractivity contribution in [1.29, 1.82) is 0 Å². The summed E-state index contributed by atoms with van der Waals surface area (Å²) in [4.78, 5) is 21.3. The van der Waals surface area contributed by atoms with Crippen molar-refractivity contribution in [3.05, 3.63) is 120 Å². The summed E-state index contributed by atoms with van der Waals surface area (Å²) in [5.41, 5.74) is 4.64. The van der Waals surface area contributed by atoms with Crippen molar-refractivity contribution in [3.63, 3.8) is 0 Å². The first kappa shape index (κ1) is 28.2.